The summed E-state index contributed by atoms with van der Waals surface area (Å²) in [5.41, 5.74) is 1.77. The summed E-state index contributed by atoms with van der Waals surface area (Å²) in [5, 5.41) is 9.57. The van der Waals surface area contributed by atoms with Crippen LogP contribution >= 0.6 is 23.5 Å². The van der Waals surface area contributed by atoms with Gasteiger partial charge in [-0.1, -0.05) is 6.07 Å². The summed E-state index contributed by atoms with van der Waals surface area (Å²) in [4.78, 5) is 28.3. The summed E-state index contributed by atoms with van der Waals surface area (Å²) in [6, 6.07) is 13.2. The molecule has 0 aromatic heterocycles. The normalized spacial score (nSPS) is 20.4. The lowest BCUT2D eigenvalue weighted by atomic mass is 10.0. The van der Waals surface area contributed by atoms with Gasteiger partial charge in [0, 0.05) is 36.0 Å². The zero-order valence-electron chi connectivity index (χ0n) is 19.0. The van der Waals surface area contributed by atoms with Crippen molar-refractivity contribution in [3.8, 4) is 11.5 Å². The maximum absolute atomic E-state index is 12.8. The van der Waals surface area contributed by atoms with E-state index >= 15 is 0 Å². The number of carbonyl (C=O) groups is 2. The molecule has 0 radical (unpaired) electrons. The van der Waals surface area contributed by atoms with E-state index in [1.54, 1.807) is 23.5 Å². The van der Waals surface area contributed by atoms with Crippen LogP contribution in [-0.4, -0.2) is 59.6 Å². The van der Waals surface area contributed by atoms with E-state index in [9.17, 15) is 9.59 Å². The van der Waals surface area contributed by atoms with E-state index < -0.39 is 0 Å². The van der Waals surface area contributed by atoms with Gasteiger partial charge in [0.2, 0.25) is 12.7 Å². The SMILES string of the molecule is CSc1ccc(NC(=O)N2CCC3(CC2)NC(C(=O)NCc2ccc4c(c2)OCO4)CS3)cc1. The number of anilines is 1. The van der Waals surface area contributed by atoms with Crippen LogP contribution in [0.1, 0.15) is 18.4 Å². The van der Waals surface area contributed by atoms with Gasteiger partial charge in [0.1, 0.15) is 0 Å². The van der Waals surface area contributed by atoms with Crippen molar-refractivity contribution in [2.45, 2.75) is 35.2 Å². The summed E-state index contributed by atoms with van der Waals surface area (Å²) in [5.74, 6) is 2.17. The summed E-state index contributed by atoms with van der Waals surface area (Å²) < 4.78 is 10.7. The number of ether oxygens (including phenoxy) is 2. The van der Waals surface area contributed by atoms with Crippen LogP contribution in [0.3, 0.4) is 0 Å². The average Bonchev–Trinajstić information content (AvgIpc) is 3.50. The Morgan fingerprint density at radius 3 is 2.68 bits per heavy atom. The summed E-state index contributed by atoms with van der Waals surface area (Å²) in [6.07, 6.45) is 3.64. The number of hydrogen-bond acceptors (Lipinski definition) is 7. The minimum Gasteiger partial charge on any atom is -0.454 e. The number of piperidine rings is 1. The molecule has 2 fully saturated rings. The highest BCUT2D eigenvalue weighted by atomic mass is 32.2. The van der Waals surface area contributed by atoms with E-state index in [2.05, 4.69) is 16.0 Å². The van der Waals surface area contributed by atoms with Gasteiger partial charge in [-0.3, -0.25) is 10.1 Å². The van der Waals surface area contributed by atoms with Gasteiger partial charge in [-0.25, -0.2) is 4.79 Å². The predicted molar refractivity (Wildman–Crippen MR) is 135 cm³/mol. The lowest BCUT2D eigenvalue weighted by Gasteiger charge is -2.39. The minimum absolute atomic E-state index is 0.00379. The maximum atomic E-state index is 12.8. The molecule has 3 amide bonds. The fourth-order valence-corrected chi connectivity index (χ4v) is 6.21. The van der Waals surface area contributed by atoms with Crippen LogP contribution in [0.25, 0.3) is 0 Å². The Kier molecular flexibility index (Phi) is 6.80. The number of likely N-dealkylation sites (tertiary alicyclic amines) is 1. The van der Waals surface area contributed by atoms with Crippen molar-refractivity contribution in [3.63, 3.8) is 0 Å². The molecule has 1 unspecified atom stereocenters. The Bertz CT molecular complexity index is 1060. The number of thioether (sulfide) groups is 2. The summed E-state index contributed by atoms with van der Waals surface area (Å²) in [6.45, 7) is 1.98. The molecule has 0 saturated carbocycles. The van der Waals surface area contributed by atoms with Crippen molar-refractivity contribution < 1.29 is 19.1 Å². The van der Waals surface area contributed by atoms with Gasteiger partial charge in [-0.15, -0.1) is 23.5 Å². The Labute approximate surface area is 207 Å². The molecule has 3 N–H and O–H groups in total. The standard InChI is InChI=1S/C24H28N4O4S2/c1-33-18-5-3-17(4-6-18)26-23(30)28-10-8-24(9-11-28)27-19(14-34-24)22(29)25-13-16-2-7-20-21(12-16)32-15-31-20/h2-7,12,19,27H,8-11,13-15H2,1H3,(H,25,29)(H,26,30). The molecule has 2 saturated heterocycles. The Morgan fingerprint density at radius 1 is 1.15 bits per heavy atom. The van der Waals surface area contributed by atoms with Crippen molar-refractivity contribution in [2.24, 2.45) is 0 Å². The van der Waals surface area contributed by atoms with Gasteiger partial charge < -0.3 is 25.0 Å². The second-order valence-corrected chi connectivity index (χ2v) is 10.8. The molecule has 3 aliphatic rings. The third-order valence-corrected chi connectivity index (χ3v) is 8.71. The zero-order valence-corrected chi connectivity index (χ0v) is 20.6. The highest BCUT2D eigenvalue weighted by molar-refractivity contribution is 8.01. The fourth-order valence-electron chi connectivity index (χ4n) is 4.38. The first-order valence-corrected chi connectivity index (χ1v) is 13.5. The Hall–Kier alpha value is -2.56. The second kappa shape index (κ2) is 9.97. The smallest absolute Gasteiger partial charge is 0.321 e. The highest BCUT2D eigenvalue weighted by Crippen LogP contribution is 2.39. The molecular weight excluding hydrogens is 472 g/mol. The van der Waals surface area contributed by atoms with Crippen LogP contribution in [0.4, 0.5) is 10.5 Å². The summed E-state index contributed by atoms with van der Waals surface area (Å²) in [7, 11) is 0. The van der Waals surface area contributed by atoms with Crippen molar-refractivity contribution >= 4 is 41.1 Å². The first-order chi connectivity index (χ1) is 16.5. The topological polar surface area (TPSA) is 91.9 Å². The number of hydrogen-bond donors (Lipinski definition) is 3. The number of nitrogens with one attached hydrogen (secondary N) is 3. The number of rotatable bonds is 5. The van der Waals surface area contributed by atoms with E-state index in [0.29, 0.717) is 25.4 Å². The molecular formula is C24H28N4O4S2. The number of benzene rings is 2. The Morgan fingerprint density at radius 2 is 1.91 bits per heavy atom. The number of carbonyl (C=O) groups excluding carboxylic acids is 2. The van der Waals surface area contributed by atoms with Gasteiger partial charge in [-0.2, -0.15) is 0 Å². The predicted octanol–water partition coefficient (Wildman–Crippen LogP) is 3.48. The number of fused-ring (bicyclic) bond motifs is 1. The van der Waals surface area contributed by atoms with Crippen molar-refractivity contribution in [1.29, 1.82) is 0 Å². The molecule has 180 valence electrons. The van der Waals surface area contributed by atoms with Gasteiger partial charge in [0.05, 0.1) is 10.9 Å². The quantitative estimate of drug-likeness (QED) is 0.542. The van der Waals surface area contributed by atoms with E-state index in [1.807, 2.05) is 53.6 Å². The molecule has 5 rings (SSSR count). The minimum atomic E-state index is -0.241. The van der Waals surface area contributed by atoms with Crippen LogP contribution in [0, 0.1) is 0 Å². The van der Waals surface area contributed by atoms with Crippen molar-refractivity contribution in [1.82, 2.24) is 15.5 Å². The third-order valence-electron chi connectivity index (χ3n) is 6.38. The van der Waals surface area contributed by atoms with E-state index in [4.69, 9.17) is 9.47 Å². The molecule has 34 heavy (non-hydrogen) atoms. The molecule has 3 heterocycles. The molecule has 1 atom stereocenters. The maximum Gasteiger partial charge on any atom is 0.321 e. The first kappa shape index (κ1) is 23.2. The van der Waals surface area contributed by atoms with Gasteiger partial charge in [0.15, 0.2) is 11.5 Å². The highest BCUT2D eigenvalue weighted by Gasteiger charge is 2.44. The molecule has 2 aromatic rings. The zero-order chi connectivity index (χ0) is 23.5. The second-order valence-electron chi connectivity index (χ2n) is 8.55. The van der Waals surface area contributed by atoms with Crippen LogP contribution in [0.2, 0.25) is 0 Å². The molecule has 3 aliphatic heterocycles. The van der Waals surface area contributed by atoms with Gasteiger partial charge in [-0.05, 0) is 61.1 Å². The first-order valence-electron chi connectivity index (χ1n) is 11.3. The third kappa shape index (κ3) is 5.08. The number of nitrogens with zero attached hydrogens (tertiary/aromatic N) is 1. The molecule has 0 bridgehead atoms. The van der Waals surface area contributed by atoms with Crippen LogP contribution < -0.4 is 25.4 Å². The van der Waals surface area contributed by atoms with E-state index in [1.165, 1.54) is 0 Å². The monoisotopic (exact) mass is 500 g/mol. The molecule has 0 aliphatic carbocycles. The van der Waals surface area contributed by atoms with Crippen LogP contribution in [0.5, 0.6) is 11.5 Å². The molecule has 8 nitrogen and oxygen atoms in total. The van der Waals surface area contributed by atoms with Gasteiger partial charge in [0.25, 0.3) is 0 Å². The molecule has 1 spiro atoms. The fraction of sp³-hybridized carbons (Fsp3) is 0.417. The largest absolute Gasteiger partial charge is 0.454 e. The van der Waals surface area contributed by atoms with Crippen molar-refractivity contribution in [3.05, 3.63) is 48.0 Å². The van der Waals surface area contributed by atoms with Crippen molar-refractivity contribution in [2.75, 3.05) is 37.2 Å². The van der Waals surface area contributed by atoms with E-state index in [0.717, 1.165) is 40.5 Å². The van der Waals surface area contributed by atoms with Gasteiger partial charge >= 0.3 is 6.03 Å². The lowest BCUT2D eigenvalue weighted by molar-refractivity contribution is -0.122. The van der Waals surface area contributed by atoms with Crippen LogP contribution in [0.15, 0.2) is 47.4 Å². The molecule has 2 aromatic carbocycles. The average molecular weight is 501 g/mol. The lowest BCUT2D eigenvalue weighted by Crippen LogP contribution is -2.54. The summed E-state index contributed by atoms with van der Waals surface area (Å²) >= 11 is 3.47. The van der Waals surface area contributed by atoms with Crippen LogP contribution in [-0.2, 0) is 11.3 Å². The number of amides is 3. The van der Waals surface area contributed by atoms with E-state index in [-0.39, 0.29) is 29.6 Å². The number of urea groups is 1. The Balaban J connectivity index is 1.08. The molecule has 10 heteroatoms.